The molecule has 9 heteroatoms. The van der Waals surface area contributed by atoms with Crippen LogP contribution in [0.3, 0.4) is 0 Å². The summed E-state index contributed by atoms with van der Waals surface area (Å²) in [6, 6.07) is 3.52. The Morgan fingerprint density at radius 3 is 2.75 bits per heavy atom. The quantitative estimate of drug-likeness (QED) is 0.644. The molecule has 2 aromatic rings. The second kappa shape index (κ2) is 9.20. The highest BCUT2D eigenvalue weighted by atomic mass is 32.1. The second-order valence-corrected chi connectivity index (χ2v) is 7.49. The van der Waals surface area contributed by atoms with Crippen molar-refractivity contribution in [3.63, 3.8) is 0 Å². The van der Waals surface area contributed by atoms with Gasteiger partial charge in [-0.15, -0.1) is 11.3 Å². The van der Waals surface area contributed by atoms with Crippen molar-refractivity contribution in [2.45, 2.75) is 19.8 Å². The van der Waals surface area contributed by atoms with Crippen LogP contribution in [0.5, 0.6) is 0 Å². The van der Waals surface area contributed by atoms with Crippen LogP contribution >= 0.6 is 11.3 Å². The van der Waals surface area contributed by atoms with Crippen LogP contribution in [0, 0.1) is 17.6 Å². The fraction of sp³-hybridized carbons (Fsp3) is 0.421. The number of anilines is 1. The van der Waals surface area contributed by atoms with Crippen LogP contribution in [0.1, 0.15) is 19.8 Å². The maximum atomic E-state index is 13.4. The second-order valence-electron chi connectivity index (χ2n) is 6.63. The van der Waals surface area contributed by atoms with Gasteiger partial charge in [0.2, 0.25) is 5.91 Å². The lowest BCUT2D eigenvalue weighted by molar-refractivity contribution is -0.144. The Labute approximate surface area is 165 Å². The molecule has 3 rings (SSSR count). The van der Waals surface area contributed by atoms with E-state index in [0.29, 0.717) is 35.5 Å². The molecule has 0 bridgehead atoms. The summed E-state index contributed by atoms with van der Waals surface area (Å²) in [5.41, 5.74) is 0.869. The van der Waals surface area contributed by atoms with E-state index in [-0.39, 0.29) is 25.0 Å². The molecule has 28 heavy (non-hydrogen) atoms. The highest BCUT2D eigenvalue weighted by molar-refractivity contribution is 7.14. The maximum absolute atomic E-state index is 13.4. The summed E-state index contributed by atoms with van der Waals surface area (Å²) < 4.78 is 31.4. The Balaban J connectivity index is 1.59. The monoisotopic (exact) mass is 409 g/mol. The Morgan fingerprint density at radius 2 is 2.07 bits per heavy atom. The Kier molecular flexibility index (Phi) is 6.69. The Bertz CT molecular complexity index is 855. The van der Waals surface area contributed by atoms with Crippen molar-refractivity contribution in [2.24, 2.45) is 5.92 Å². The van der Waals surface area contributed by atoms with Gasteiger partial charge in [0.05, 0.1) is 25.4 Å². The average molecular weight is 409 g/mol. The van der Waals surface area contributed by atoms with E-state index in [1.54, 1.807) is 17.2 Å². The molecule has 0 aliphatic heterocycles. The van der Waals surface area contributed by atoms with E-state index in [0.717, 1.165) is 25.0 Å². The number of nitrogens with zero attached hydrogens (tertiary/aromatic N) is 2. The molecular weight excluding hydrogens is 388 g/mol. The molecule has 1 aliphatic rings. The van der Waals surface area contributed by atoms with E-state index in [4.69, 9.17) is 4.74 Å². The van der Waals surface area contributed by atoms with Crippen molar-refractivity contribution in [3.05, 3.63) is 35.2 Å². The van der Waals surface area contributed by atoms with Gasteiger partial charge >= 0.3 is 5.97 Å². The van der Waals surface area contributed by atoms with Gasteiger partial charge in [-0.1, -0.05) is 0 Å². The zero-order valence-corrected chi connectivity index (χ0v) is 16.2. The number of ether oxygens (including phenoxy) is 1. The van der Waals surface area contributed by atoms with Crippen LogP contribution in [-0.2, 0) is 14.3 Å². The number of esters is 1. The molecule has 1 aliphatic carbocycles. The molecule has 1 fully saturated rings. The minimum absolute atomic E-state index is 0.0510. The lowest BCUT2D eigenvalue weighted by Gasteiger charge is -2.20. The molecular formula is C19H21F2N3O3S. The van der Waals surface area contributed by atoms with Gasteiger partial charge in [-0.3, -0.25) is 14.5 Å². The largest absolute Gasteiger partial charge is 0.465 e. The molecule has 1 aromatic carbocycles. The van der Waals surface area contributed by atoms with Crippen molar-refractivity contribution in [2.75, 3.05) is 31.6 Å². The number of nitrogens with one attached hydrogen (secondary N) is 1. The Morgan fingerprint density at radius 1 is 1.29 bits per heavy atom. The van der Waals surface area contributed by atoms with Gasteiger partial charge in [-0.05, 0) is 43.9 Å². The number of rotatable bonds is 9. The van der Waals surface area contributed by atoms with Crippen molar-refractivity contribution >= 4 is 28.3 Å². The van der Waals surface area contributed by atoms with Crippen molar-refractivity contribution < 1.29 is 23.1 Å². The van der Waals surface area contributed by atoms with Crippen LogP contribution in [0.15, 0.2) is 23.6 Å². The van der Waals surface area contributed by atoms with Gasteiger partial charge < -0.3 is 10.1 Å². The smallest absolute Gasteiger partial charge is 0.320 e. The third-order valence-corrected chi connectivity index (χ3v) is 4.96. The van der Waals surface area contributed by atoms with Gasteiger partial charge in [0.15, 0.2) is 16.8 Å². The van der Waals surface area contributed by atoms with E-state index in [9.17, 15) is 18.4 Å². The van der Waals surface area contributed by atoms with Crippen LogP contribution in [0.4, 0.5) is 13.9 Å². The summed E-state index contributed by atoms with van der Waals surface area (Å²) in [6.45, 7) is 2.83. The SMILES string of the molecule is CCOC(=O)CN(CC(=O)Nc1nc(-c2ccc(F)c(F)c2)cs1)CC1CC1. The molecule has 0 atom stereocenters. The number of hydrogen-bond donors (Lipinski definition) is 1. The van der Waals surface area contributed by atoms with Gasteiger partial charge in [-0.2, -0.15) is 0 Å². The summed E-state index contributed by atoms with van der Waals surface area (Å²) >= 11 is 1.19. The third-order valence-electron chi connectivity index (χ3n) is 4.20. The zero-order valence-electron chi connectivity index (χ0n) is 15.4. The topological polar surface area (TPSA) is 71.5 Å². The molecule has 0 saturated heterocycles. The minimum Gasteiger partial charge on any atom is -0.465 e. The van der Waals surface area contributed by atoms with E-state index in [1.807, 2.05) is 0 Å². The highest BCUT2D eigenvalue weighted by Crippen LogP contribution is 2.30. The molecule has 150 valence electrons. The first kappa shape index (κ1) is 20.3. The predicted octanol–water partition coefficient (Wildman–Crippen LogP) is 3.30. The van der Waals surface area contributed by atoms with E-state index in [1.165, 1.54) is 17.4 Å². The predicted molar refractivity (Wildman–Crippen MR) is 102 cm³/mol. The number of hydrogen-bond acceptors (Lipinski definition) is 6. The lowest BCUT2D eigenvalue weighted by Crippen LogP contribution is -2.38. The number of benzene rings is 1. The molecule has 1 aromatic heterocycles. The van der Waals surface area contributed by atoms with E-state index < -0.39 is 11.6 Å². The number of thiazole rings is 1. The molecule has 0 spiro atoms. The minimum atomic E-state index is -0.953. The van der Waals surface area contributed by atoms with Gasteiger partial charge in [0.1, 0.15) is 0 Å². The first-order valence-electron chi connectivity index (χ1n) is 9.03. The fourth-order valence-electron chi connectivity index (χ4n) is 2.72. The number of carbonyl (C=O) groups excluding carboxylic acids is 2. The van der Waals surface area contributed by atoms with Gasteiger partial charge in [-0.25, -0.2) is 13.8 Å². The van der Waals surface area contributed by atoms with Gasteiger partial charge in [0, 0.05) is 17.5 Å². The zero-order chi connectivity index (χ0) is 20.1. The number of halogens is 2. The summed E-state index contributed by atoms with van der Waals surface area (Å²) in [6.07, 6.45) is 2.20. The van der Waals surface area contributed by atoms with Crippen LogP contribution < -0.4 is 5.32 Å². The molecule has 0 unspecified atom stereocenters. The highest BCUT2D eigenvalue weighted by Gasteiger charge is 2.27. The van der Waals surface area contributed by atoms with Crippen molar-refractivity contribution in [1.82, 2.24) is 9.88 Å². The molecule has 6 nitrogen and oxygen atoms in total. The van der Waals surface area contributed by atoms with E-state index in [2.05, 4.69) is 10.3 Å². The lowest BCUT2D eigenvalue weighted by atomic mass is 10.2. The molecule has 1 N–H and O–H groups in total. The first-order chi connectivity index (χ1) is 13.4. The number of amides is 1. The molecule has 1 saturated carbocycles. The van der Waals surface area contributed by atoms with Gasteiger partial charge in [0.25, 0.3) is 0 Å². The first-order valence-corrected chi connectivity index (χ1v) is 9.91. The van der Waals surface area contributed by atoms with E-state index >= 15 is 0 Å². The van der Waals surface area contributed by atoms with Crippen molar-refractivity contribution in [1.29, 1.82) is 0 Å². The normalized spacial score (nSPS) is 13.6. The standard InChI is InChI=1S/C19H21F2N3O3S/c1-2-27-18(26)10-24(8-12-3-4-12)9-17(25)23-19-22-16(11-28-19)13-5-6-14(20)15(21)7-13/h5-7,11-12H,2-4,8-10H2,1H3,(H,22,23,25). The average Bonchev–Trinajstić information content (AvgIpc) is 3.33. The fourth-order valence-corrected chi connectivity index (χ4v) is 3.46. The molecule has 1 amide bonds. The summed E-state index contributed by atoms with van der Waals surface area (Å²) in [7, 11) is 0. The van der Waals surface area contributed by atoms with Crippen LogP contribution in [0.25, 0.3) is 11.3 Å². The van der Waals surface area contributed by atoms with Crippen LogP contribution in [0.2, 0.25) is 0 Å². The number of carbonyl (C=O) groups is 2. The molecule has 1 heterocycles. The number of aromatic nitrogens is 1. The summed E-state index contributed by atoms with van der Waals surface area (Å²) in [4.78, 5) is 30.1. The van der Waals surface area contributed by atoms with Crippen molar-refractivity contribution in [3.8, 4) is 11.3 Å². The molecule has 0 radical (unpaired) electrons. The summed E-state index contributed by atoms with van der Waals surface area (Å²) in [5.74, 6) is -2.01. The van der Waals surface area contributed by atoms with Crippen LogP contribution in [-0.4, -0.2) is 48.0 Å². The maximum Gasteiger partial charge on any atom is 0.320 e. The Hall–Kier alpha value is -2.39. The summed E-state index contributed by atoms with van der Waals surface area (Å²) in [5, 5.41) is 4.70. The third kappa shape index (κ3) is 5.80.